The van der Waals surface area contributed by atoms with Crippen LogP contribution in [-0.2, 0) is 17.4 Å². The molecule has 0 amide bonds. The highest BCUT2D eigenvalue weighted by Crippen LogP contribution is 2.29. The molecule has 1 rings (SSSR count). The highest BCUT2D eigenvalue weighted by atomic mass is 19.4. The van der Waals surface area contributed by atoms with Gasteiger partial charge in [0.05, 0.1) is 11.5 Å². The molecule has 0 aliphatic carbocycles. The Morgan fingerprint density at radius 1 is 1.17 bits per heavy atom. The average molecular weight is 331 g/mol. The van der Waals surface area contributed by atoms with Crippen LogP contribution in [-0.4, -0.2) is 23.7 Å². The number of rotatable bonds is 8. The molecule has 0 saturated carbocycles. The summed E-state index contributed by atoms with van der Waals surface area (Å²) in [5.74, 6) is -0.985. The zero-order chi connectivity index (χ0) is 17.6. The summed E-state index contributed by atoms with van der Waals surface area (Å²) in [6, 6.07) is 5.05. The van der Waals surface area contributed by atoms with Crippen molar-refractivity contribution in [3.63, 3.8) is 0 Å². The first-order valence-corrected chi connectivity index (χ1v) is 7.72. The Hall–Kier alpha value is -1.56. The van der Waals surface area contributed by atoms with Crippen LogP contribution in [0.25, 0.3) is 0 Å². The number of benzene rings is 1. The van der Waals surface area contributed by atoms with Crippen LogP contribution in [0.2, 0.25) is 0 Å². The summed E-state index contributed by atoms with van der Waals surface area (Å²) >= 11 is 0. The third-order valence-electron chi connectivity index (χ3n) is 3.64. The zero-order valence-electron chi connectivity index (χ0n) is 13.7. The number of carboxylic acid groups (broad SMARTS) is 1. The maximum absolute atomic E-state index is 12.5. The van der Waals surface area contributed by atoms with Crippen molar-refractivity contribution < 1.29 is 23.1 Å². The van der Waals surface area contributed by atoms with Crippen LogP contribution < -0.4 is 5.32 Å². The molecule has 23 heavy (non-hydrogen) atoms. The van der Waals surface area contributed by atoms with Crippen molar-refractivity contribution in [1.82, 2.24) is 5.32 Å². The minimum Gasteiger partial charge on any atom is -0.481 e. The first-order chi connectivity index (χ1) is 10.6. The molecule has 0 bridgehead atoms. The minimum atomic E-state index is -4.33. The first-order valence-electron chi connectivity index (χ1n) is 7.72. The van der Waals surface area contributed by atoms with Gasteiger partial charge in [-0.1, -0.05) is 26.0 Å². The fraction of sp³-hybridized carbons (Fsp3) is 0.588. The minimum absolute atomic E-state index is 0.0132. The fourth-order valence-electron chi connectivity index (χ4n) is 2.44. The van der Waals surface area contributed by atoms with Crippen LogP contribution in [0.5, 0.6) is 0 Å². The number of hydrogen-bond acceptors (Lipinski definition) is 2. The Kier molecular flexibility index (Phi) is 7.06. The van der Waals surface area contributed by atoms with Gasteiger partial charge in [-0.25, -0.2) is 0 Å². The summed E-state index contributed by atoms with van der Waals surface area (Å²) in [4.78, 5) is 11.2. The van der Waals surface area contributed by atoms with Gasteiger partial charge >= 0.3 is 12.1 Å². The topological polar surface area (TPSA) is 49.3 Å². The van der Waals surface area contributed by atoms with Gasteiger partial charge in [0.15, 0.2) is 0 Å². The van der Waals surface area contributed by atoms with Crippen LogP contribution >= 0.6 is 0 Å². The smallest absolute Gasteiger partial charge is 0.416 e. The standard InChI is InChI=1S/C17H24F3NO2/c1-11(2)8-14(16(22)23)10-21-12(3)9-13-4-6-15(7-5-13)17(18,19)20/h4-7,11-12,14,21H,8-10H2,1-3H3,(H,22,23). The van der Waals surface area contributed by atoms with E-state index < -0.39 is 23.6 Å². The third-order valence-corrected chi connectivity index (χ3v) is 3.64. The molecule has 2 unspecified atom stereocenters. The van der Waals surface area contributed by atoms with Gasteiger partial charge in [-0.05, 0) is 43.4 Å². The monoisotopic (exact) mass is 331 g/mol. The third kappa shape index (κ3) is 7.03. The summed E-state index contributed by atoms with van der Waals surface area (Å²) < 4.78 is 37.5. The van der Waals surface area contributed by atoms with E-state index in [9.17, 15) is 23.1 Å². The molecule has 0 spiro atoms. The molecular weight excluding hydrogens is 307 g/mol. The van der Waals surface area contributed by atoms with E-state index >= 15 is 0 Å². The number of alkyl halides is 3. The van der Waals surface area contributed by atoms with E-state index in [1.807, 2.05) is 20.8 Å². The summed E-state index contributed by atoms with van der Waals surface area (Å²) in [5, 5.41) is 12.3. The molecule has 0 aliphatic heterocycles. The molecule has 2 atom stereocenters. The number of carbonyl (C=O) groups is 1. The van der Waals surface area contributed by atoms with E-state index in [4.69, 9.17) is 0 Å². The van der Waals surface area contributed by atoms with Gasteiger partial charge in [0.2, 0.25) is 0 Å². The van der Waals surface area contributed by atoms with Crippen molar-refractivity contribution in [2.75, 3.05) is 6.54 Å². The van der Waals surface area contributed by atoms with E-state index in [-0.39, 0.29) is 6.04 Å². The Morgan fingerprint density at radius 2 is 1.74 bits per heavy atom. The highest BCUT2D eigenvalue weighted by molar-refractivity contribution is 5.70. The summed E-state index contributed by atoms with van der Waals surface area (Å²) in [6.07, 6.45) is -3.19. The van der Waals surface area contributed by atoms with Crippen molar-refractivity contribution in [2.24, 2.45) is 11.8 Å². The van der Waals surface area contributed by atoms with E-state index in [0.29, 0.717) is 25.3 Å². The lowest BCUT2D eigenvalue weighted by atomic mass is 9.96. The SMILES string of the molecule is CC(C)CC(CNC(C)Cc1ccc(C(F)(F)F)cc1)C(=O)O. The molecule has 1 aromatic rings. The number of halogens is 3. The van der Waals surface area contributed by atoms with Gasteiger partial charge < -0.3 is 10.4 Å². The lowest BCUT2D eigenvalue weighted by Gasteiger charge is -2.19. The van der Waals surface area contributed by atoms with E-state index in [1.165, 1.54) is 12.1 Å². The second-order valence-corrected chi connectivity index (χ2v) is 6.37. The lowest BCUT2D eigenvalue weighted by Crippen LogP contribution is -2.36. The lowest BCUT2D eigenvalue weighted by molar-refractivity contribution is -0.142. The summed E-state index contributed by atoms with van der Waals surface area (Å²) in [7, 11) is 0. The van der Waals surface area contributed by atoms with Crippen molar-refractivity contribution >= 4 is 5.97 Å². The Bertz CT molecular complexity index is 498. The fourth-order valence-corrected chi connectivity index (χ4v) is 2.44. The molecule has 0 heterocycles. The van der Waals surface area contributed by atoms with Gasteiger partial charge in [-0.3, -0.25) is 4.79 Å². The maximum Gasteiger partial charge on any atom is 0.416 e. The highest BCUT2D eigenvalue weighted by Gasteiger charge is 2.30. The van der Waals surface area contributed by atoms with Crippen LogP contribution in [0, 0.1) is 11.8 Å². The summed E-state index contributed by atoms with van der Waals surface area (Å²) in [6.45, 7) is 6.20. The van der Waals surface area contributed by atoms with Gasteiger partial charge in [-0.15, -0.1) is 0 Å². The Balaban J connectivity index is 2.52. The van der Waals surface area contributed by atoms with E-state index in [2.05, 4.69) is 5.32 Å². The van der Waals surface area contributed by atoms with Crippen LogP contribution in [0.4, 0.5) is 13.2 Å². The van der Waals surface area contributed by atoms with Crippen molar-refractivity contribution in [3.05, 3.63) is 35.4 Å². The average Bonchev–Trinajstić information content (AvgIpc) is 2.42. The molecule has 6 heteroatoms. The maximum atomic E-state index is 12.5. The summed E-state index contributed by atoms with van der Waals surface area (Å²) in [5.41, 5.74) is 0.124. The van der Waals surface area contributed by atoms with Crippen LogP contribution in [0.3, 0.4) is 0 Å². The Morgan fingerprint density at radius 3 is 2.17 bits per heavy atom. The predicted octanol–water partition coefficient (Wildman–Crippen LogP) is 3.97. The first kappa shape index (κ1) is 19.5. The predicted molar refractivity (Wildman–Crippen MR) is 83.2 cm³/mol. The van der Waals surface area contributed by atoms with Crippen molar-refractivity contribution in [3.8, 4) is 0 Å². The molecule has 1 aromatic carbocycles. The van der Waals surface area contributed by atoms with Crippen LogP contribution in [0.1, 0.15) is 38.3 Å². The number of hydrogen-bond donors (Lipinski definition) is 2. The molecule has 0 saturated heterocycles. The molecule has 0 fully saturated rings. The number of nitrogens with one attached hydrogen (secondary N) is 1. The molecule has 130 valence electrons. The molecule has 0 aromatic heterocycles. The number of carboxylic acids is 1. The van der Waals surface area contributed by atoms with Gasteiger partial charge in [0.1, 0.15) is 0 Å². The second-order valence-electron chi connectivity index (χ2n) is 6.37. The van der Waals surface area contributed by atoms with Crippen LogP contribution in [0.15, 0.2) is 24.3 Å². The van der Waals surface area contributed by atoms with E-state index in [1.54, 1.807) is 0 Å². The van der Waals surface area contributed by atoms with Gasteiger partial charge in [-0.2, -0.15) is 13.2 Å². The number of aliphatic carboxylic acids is 1. The molecule has 0 radical (unpaired) electrons. The van der Waals surface area contributed by atoms with E-state index in [0.717, 1.165) is 17.7 Å². The normalized spacial score (nSPS) is 14.7. The molecular formula is C17H24F3NO2. The van der Waals surface area contributed by atoms with Gasteiger partial charge in [0.25, 0.3) is 0 Å². The molecule has 0 aliphatic rings. The van der Waals surface area contributed by atoms with Crippen molar-refractivity contribution in [2.45, 2.75) is 45.8 Å². The largest absolute Gasteiger partial charge is 0.481 e. The molecule has 3 nitrogen and oxygen atoms in total. The van der Waals surface area contributed by atoms with Crippen molar-refractivity contribution in [1.29, 1.82) is 0 Å². The van der Waals surface area contributed by atoms with Gasteiger partial charge in [0, 0.05) is 12.6 Å². The Labute approximate surface area is 134 Å². The molecule has 2 N–H and O–H groups in total. The second kappa shape index (κ2) is 8.34. The quantitative estimate of drug-likeness (QED) is 0.758. The zero-order valence-corrected chi connectivity index (χ0v) is 13.7.